The fraction of sp³-hybridized carbons (Fsp3) is 0.571. The first kappa shape index (κ1) is 9.50. The molecule has 0 aliphatic rings. The van der Waals surface area contributed by atoms with E-state index in [0.717, 1.165) is 0 Å². The molecule has 0 bridgehead atoms. The van der Waals surface area contributed by atoms with Crippen LogP contribution >= 0.6 is 0 Å². The van der Waals surface area contributed by atoms with Gasteiger partial charge >= 0.3 is 5.97 Å². The first-order chi connectivity index (χ1) is 6.08. The SMILES string of the molecule is CC(CC(=O)O)Cc1nc(N)n[nH]1. The second kappa shape index (κ2) is 3.88. The van der Waals surface area contributed by atoms with Crippen LogP contribution in [0.15, 0.2) is 0 Å². The lowest BCUT2D eigenvalue weighted by Gasteiger charge is -2.04. The zero-order chi connectivity index (χ0) is 9.84. The lowest BCUT2D eigenvalue weighted by Crippen LogP contribution is -2.08. The molecule has 0 spiro atoms. The molecule has 1 rings (SSSR count). The van der Waals surface area contributed by atoms with E-state index in [0.29, 0.717) is 12.2 Å². The quantitative estimate of drug-likeness (QED) is 0.612. The molecule has 1 aromatic rings. The fourth-order valence-corrected chi connectivity index (χ4v) is 1.10. The molecule has 6 nitrogen and oxygen atoms in total. The largest absolute Gasteiger partial charge is 0.481 e. The summed E-state index contributed by atoms with van der Waals surface area (Å²) in [7, 11) is 0. The molecule has 1 unspecified atom stereocenters. The van der Waals surface area contributed by atoms with Crippen molar-refractivity contribution in [3.8, 4) is 0 Å². The molecule has 6 heteroatoms. The van der Waals surface area contributed by atoms with Crippen LogP contribution in [0.2, 0.25) is 0 Å². The van der Waals surface area contributed by atoms with Gasteiger partial charge in [0.1, 0.15) is 5.82 Å². The zero-order valence-corrected chi connectivity index (χ0v) is 7.32. The maximum Gasteiger partial charge on any atom is 0.303 e. The number of aromatic amines is 1. The van der Waals surface area contributed by atoms with E-state index in [2.05, 4.69) is 15.2 Å². The summed E-state index contributed by atoms with van der Waals surface area (Å²) in [5.74, 6) is 0.0496. The Bertz CT molecular complexity index is 296. The zero-order valence-electron chi connectivity index (χ0n) is 7.32. The summed E-state index contributed by atoms with van der Waals surface area (Å²) in [5.41, 5.74) is 5.29. The highest BCUT2D eigenvalue weighted by Gasteiger charge is 2.10. The molecule has 72 valence electrons. The van der Waals surface area contributed by atoms with Gasteiger partial charge in [-0.3, -0.25) is 9.89 Å². The lowest BCUT2D eigenvalue weighted by molar-refractivity contribution is -0.137. The van der Waals surface area contributed by atoms with Crippen LogP contribution in [0, 0.1) is 5.92 Å². The number of aliphatic carboxylic acids is 1. The molecular weight excluding hydrogens is 172 g/mol. The van der Waals surface area contributed by atoms with Gasteiger partial charge in [0.05, 0.1) is 0 Å². The summed E-state index contributed by atoms with van der Waals surface area (Å²) >= 11 is 0. The fourth-order valence-electron chi connectivity index (χ4n) is 1.10. The van der Waals surface area contributed by atoms with Crippen molar-refractivity contribution in [1.82, 2.24) is 15.2 Å². The van der Waals surface area contributed by atoms with Crippen molar-refractivity contribution in [2.45, 2.75) is 19.8 Å². The molecule has 0 amide bonds. The Labute approximate surface area is 75.2 Å². The molecule has 0 saturated carbocycles. The maximum atomic E-state index is 10.3. The molecule has 0 fully saturated rings. The molecule has 13 heavy (non-hydrogen) atoms. The van der Waals surface area contributed by atoms with E-state index in [1.807, 2.05) is 6.92 Å². The van der Waals surface area contributed by atoms with Crippen molar-refractivity contribution >= 4 is 11.9 Å². The van der Waals surface area contributed by atoms with Crippen LogP contribution in [-0.4, -0.2) is 26.3 Å². The molecule has 0 aliphatic carbocycles. The second-order valence-electron chi connectivity index (χ2n) is 3.05. The molecule has 0 radical (unpaired) electrons. The van der Waals surface area contributed by atoms with Gasteiger partial charge < -0.3 is 10.8 Å². The summed E-state index contributed by atoms with van der Waals surface area (Å²) in [6.45, 7) is 1.84. The monoisotopic (exact) mass is 184 g/mol. The van der Waals surface area contributed by atoms with Crippen LogP contribution in [0.3, 0.4) is 0 Å². The predicted octanol–water partition coefficient (Wildman–Crippen LogP) is 0.0402. The number of nitrogens with one attached hydrogen (secondary N) is 1. The molecular formula is C7H12N4O2. The number of hydrogen-bond acceptors (Lipinski definition) is 4. The number of nitrogens with two attached hydrogens (primary N) is 1. The Morgan fingerprint density at radius 2 is 2.46 bits per heavy atom. The summed E-state index contributed by atoms with van der Waals surface area (Å²) in [6, 6.07) is 0. The van der Waals surface area contributed by atoms with E-state index in [1.165, 1.54) is 0 Å². The van der Waals surface area contributed by atoms with E-state index >= 15 is 0 Å². The number of nitrogens with zero attached hydrogens (tertiary/aromatic N) is 2. The van der Waals surface area contributed by atoms with Crippen LogP contribution in [0.4, 0.5) is 5.95 Å². The molecule has 0 aromatic carbocycles. The van der Waals surface area contributed by atoms with E-state index < -0.39 is 5.97 Å². The minimum absolute atomic E-state index is 0.0323. The topological polar surface area (TPSA) is 105 Å². The average molecular weight is 184 g/mol. The molecule has 0 saturated heterocycles. The Hall–Kier alpha value is -1.59. The number of hydrogen-bond donors (Lipinski definition) is 3. The van der Waals surface area contributed by atoms with Gasteiger partial charge in [0.2, 0.25) is 5.95 Å². The first-order valence-corrected chi connectivity index (χ1v) is 3.96. The van der Waals surface area contributed by atoms with Gasteiger partial charge in [-0.15, -0.1) is 5.10 Å². The number of H-pyrrole nitrogens is 1. The van der Waals surface area contributed by atoms with Crippen molar-refractivity contribution in [2.75, 3.05) is 5.73 Å². The van der Waals surface area contributed by atoms with Crippen LogP contribution in [0.5, 0.6) is 0 Å². The van der Waals surface area contributed by atoms with Gasteiger partial charge in [0.25, 0.3) is 0 Å². The number of aromatic nitrogens is 3. The molecule has 0 aliphatic heterocycles. The number of rotatable bonds is 4. The van der Waals surface area contributed by atoms with Crippen molar-refractivity contribution < 1.29 is 9.90 Å². The van der Waals surface area contributed by atoms with Gasteiger partial charge in [0, 0.05) is 12.8 Å². The van der Waals surface area contributed by atoms with Crippen molar-refractivity contribution in [2.24, 2.45) is 5.92 Å². The number of carboxylic acid groups (broad SMARTS) is 1. The van der Waals surface area contributed by atoms with Gasteiger partial charge in [-0.1, -0.05) is 6.92 Å². The summed E-state index contributed by atoms with van der Waals surface area (Å²) < 4.78 is 0. The Morgan fingerprint density at radius 1 is 1.77 bits per heavy atom. The third-order valence-electron chi connectivity index (χ3n) is 1.61. The highest BCUT2D eigenvalue weighted by atomic mass is 16.4. The molecule has 1 aromatic heterocycles. The van der Waals surface area contributed by atoms with E-state index in [1.54, 1.807) is 0 Å². The van der Waals surface area contributed by atoms with Crippen LogP contribution in [-0.2, 0) is 11.2 Å². The summed E-state index contributed by atoms with van der Waals surface area (Å²) in [6.07, 6.45) is 0.678. The third-order valence-corrected chi connectivity index (χ3v) is 1.61. The smallest absolute Gasteiger partial charge is 0.303 e. The Balaban J connectivity index is 2.44. The molecule has 1 heterocycles. The van der Waals surface area contributed by atoms with Crippen molar-refractivity contribution in [1.29, 1.82) is 0 Å². The van der Waals surface area contributed by atoms with Crippen LogP contribution in [0.25, 0.3) is 0 Å². The van der Waals surface area contributed by atoms with Crippen molar-refractivity contribution in [3.63, 3.8) is 0 Å². The van der Waals surface area contributed by atoms with E-state index in [-0.39, 0.29) is 18.3 Å². The van der Waals surface area contributed by atoms with E-state index in [4.69, 9.17) is 10.8 Å². The highest BCUT2D eigenvalue weighted by molar-refractivity contribution is 5.66. The van der Waals surface area contributed by atoms with Gasteiger partial charge in [0.15, 0.2) is 0 Å². The number of carboxylic acids is 1. The third kappa shape index (κ3) is 3.10. The van der Waals surface area contributed by atoms with Gasteiger partial charge in [-0.25, -0.2) is 0 Å². The lowest BCUT2D eigenvalue weighted by atomic mass is 10.0. The maximum absolute atomic E-state index is 10.3. The van der Waals surface area contributed by atoms with Gasteiger partial charge in [-0.05, 0) is 5.92 Å². The predicted molar refractivity (Wildman–Crippen MR) is 45.9 cm³/mol. The van der Waals surface area contributed by atoms with E-state index in [9.17, 15) is 4.79 Å². The Kier molecular flexibility index (Phi) is 2.84. The second-order valence-corrected chi connectivity index (χ2v) is 3.05. The standard InChI is InChI=1S/C7H12N4O2/c1-4(3-6(12)13)2-5-9-7(8)11-10-5/h4H,2-3H2,1H3,(H,12,13)(H3,8,9,10,11). The minimum Gasteiger partial charge on any atom is -0.481 e. The summed E-state index contributed by atoms with van der Waals surface area (Å²) in [5, 5.41) is 14.8. The number of anilines is 1. The number of carbonyl (C=O) groups is 1. The highest BCUT2D eigenvalue weighted by Crippen LogP contribution is 2.08. The Morgan fingerprint density at radius 3 is 2.92 bits per heavy atom. The van der Waals surface area contributed by atoms with Crippen LogP contribution < -0.4 is 5.73 Å². The van der Waals surface area contributed by atoms with Gasteiger partial charge in [-0.2, -0.15) is 4.98 Å². The molecule has 4 N–H and O–H groups in total. The molecule has 1 atom stereocenters. The van der Waals surface area contributed by atoms with Crippen molar-refractivity contribution in [3.05, 3.63) is 5.82 Å². The minimum atomic E-state index is -0.806. The summed E-state index contributed by atoms with van der Waals surface area (Å²) in [4.78, 5) is 14.2. The van der Waals surface area contributed by atoms with Crippen LogP contribution in [0.1, 0.15) is 19.2 Å². The average Bonchev–Trinajstić information content (AvgIpc) is 2.33. The first-order valence-electron chi connectivity index (χ1n) is 3.96. The number of nitrogen functional groups attached to an aromatic ring is 1. The normalized spacial score (nSPS) is 12.7.